The van der Waals surface area contributed by atoms with Gasteiger partial charge in [0.25, 0.3) is 5.91 Å². The van der Waals surface area contributed by atoms with Crippen molar-refractivity contribution in [2.75, 3.05) is 4.90 Å². The molecule has 9 heteroatoms. The van der Waals surface area contributed by atoms with E-state index in [-0.39, 0.29) is 27.3 Å². The van der Waals surface area contributed by atoms with Gasteiger partial charge in [-0.25, -0.2) is 9.37 Å². The lowest BCUT2D eigenvalue weighted by molar-refractivity contribution is 0.0971. The molecule has 29 heavy (non-hydrogen) atoms. The summed E-state index contributed by atoms with van der Waals surface area (Å²) in [6.45, 7) is 0. The van der Waals surface area contributed by atoms with Gasteiger partial charge in [0, 0.05) is 11.6 Å². The molecule has 1 atom stereocenters. The normalized spacial score (nSPS) is 15.9. The fourth-order valence-corrected chi connectivity index (χ4v) is 4.45. The van der Waals surface area contributed by atoms with Gasteiger partial charge in [0.2, 0.25) is 5.76 Å². The van der Waals surface area contributed by atoms with Crippen LogP contribution < -0.4 is 10.3 Å². The first-order chi connectivity index (χ1) is 14.0. The smallest absolute Gasteiger partial charge is 0.297 e. The quantitative estimate of drug-likeness (QED) is 0.410. The molecule has 5 nitrogen and oxygen atoms in total. The highest BCUT2D eigenvalue weighted by Crippen LogP contribution is 2.42. The maximum Gasteiger partial charge on any atom is 0.297 e. The van der Waals surface area contributed by atoms with Gasteiger partial charge < -0.3 is 4.42 Å². The van der Waals surface area contributed by atoms with Gasteiger partial charge in [0.05, 0.1) is 27.0 Å². The van der Waals surface area contributed by atoms with E-state index in [1.54, 1.807) is 29.8 Å². The predicted octanol–water partition coefficient (Wildman–Crippen LogP) is 5.45. The van der Waals surface area contributed by atoms with E-state index < -0.39 is 23.2 Å². The van der Waals surface area contributed by atoms with E-state index in [2.05, 4.69) is 4.98 Å². The lowest BCUT2D eigenvalue weighted by Gasteiger charge is -2.22. The lowest BCUT2D eigenvalue weighted by atomic mass is 9.99. The number of benzene rings is 2. The molecule has 0 saturated carbocycles. The third-order valence-electron chi connectivity index (χ3n) is 4.72. The number of halogens is 3. The van der Waals surface area contributed by atoms with E-state index in [0.29, 0.717) is 15.7 Å². The Bertz CT molecular complexity index is 1350. The first kappa shape index (κ1) is 18.3. The summed E-state index contributed by atoms with van der Waals surface area (Å²) < 4.78 is 19.5. The van der Waals surface area contributed by atoms with Crippen molar-refractivity contribution in [3.05, 3.63) is 90.9 Å². The molecule has 0 bridgehead atoms. The van der Waals surface area contributed by atoms with Gasteiger partial charge in [0.1, 0.15) is 11.4 Å². The molecular formula is C20H9Cl2FN2O3S. The van der Waals surface area contributed by atoms with E-state index in [9.17, 15) is 14.0 Å². The van der Waals surface area contributed by atoms with Crippen LogP contribution in [0.2, 0.25) is 10.0 Å². The Morgan fingerprint density at radius 3 is 2.66 bits per heavy atom. The Morgan fingerprint density at radius 2 is 1.93 bits per heavy atom. The second kappa shape index (κ2) is 6.66. The molecule has 3 heterocycles. The number of thiazole rings is 1. The Kier molecular flexibility index (Phi) is 4.20. The average Bonchev–Trinajstić information content (AvgIpc) is 3.32. The van der Waals surface area contributed by atoms with Crippen LogP contribution in [0.15, 0.2) is 57.2 Å². The highest BCUT2D eigenvalue weighted by atomic mass is 35.5. The van der Waals surface area contributed by atoms with Crippen molar-refractivity contribution < 1.29 is 13.6 Å². The number of hydrogen-bond donors (Lipinski definition) is 0. The molecule has 1 aliphatic rings. The molecule has 1 aliphatic heterocycles. The molecule has 1 amide bonds. The lowest BCUT2D eigenvalue weighted by Crippen LogP contribution is -2.29. The van der Waals surface area contributed by atoms with E-state index in [0.717, 1.165) is 6.07 Å². The van der Waals surface area contributed by atoms with Crippen LogP contribution in [0.5, 0.6) is 0 Å². The van der Waals surface area contributed by atoms with Crippen LogP contribution in [0.3, 0.4) is 0 Å². The molecule has 2 aromatic carbocycles. The van der Waals surface area contributed by atoms with Crippen molar-refractivity contribution in [2.24, 2.45) is 0 Å². The number of anilines is 1. The number of amides is 1. The number of rotatable bonds is 2. The third kappa shape index (κ3) is 2.77. The number of carbonyl (C=O) groups is 1. The van der Waals surface area contributed by atoms with Crippen molar-refractivity contribution in [1.82, 2.24) is 4.98 Å². The Hall–Kier alpha value is -2.74. The van der Waals surface area contributed by atoms with Crippen molar-refractivity contribution >= 4 is 56.5 Å². The molecule has 1 unspecified atom stereocenters. The minimum Gasteiger partial charge on any atom is -0.450 e. The molecule has 4 aromatic rings. The average molecular weight is 447 g/mol. The highest BCUT2D eigenvalue weighted by Gasteiger charge is 2.44. The number of aromatic nitrogens is 1. The topological polar surface area (TPSA) is 63.4 Å². The highest BCUT2D eigenvalue weighted by molar-refractivity contribution is 7.13. The Labute approximate surface area is 176 Å². The zero-order valence-corrected chi connectivity index (χ0v) is 16.7. The summed E-state index contributed by atoms with van der Waals surface area (Å²) in [5, 5.41) is 2.79. The van der Waals surface area contributed by atoms with E-state index in [1.165, 1.54) is 28.4 Å². The molecule has 0 radical (unpaired) electrons. The zero-order valence-electron chi connectivity index (χ0n) is 14.4. The van der Waals surface area contributed by atoms with Crippen LogP contribution in [0.1, 0.15) is 27.7 Å². The molecule has 144 valence electrons. The summed E-state index contributed by atoms with van der Waals surface area (Å²) in [6, 6.07) is 7.63. The van der Waals surface area contributed by atoms with Crippen molar-refractivity contribution in [1.29, 1.82) is 0 Å². The summed E-state index contributed by atoms with van der Waals surface area (Å²) in [6.07, 6.45) is 1.56. The summed E-state index contributed by atoms with van der Waals surface area (Å²) in [5.74, 6) is -1.17. The second-order valence-corrected chi connectivity index (χ2v) is 8.07. The SMILES string of the molecule is O=C1c2oc3ccc(F)cc3c(=O)c2C(c2ccc(Cl)c(Cl)c2)N1c1nccs1. The van der Waals surface area contributed by atoms with Gasteiger partial charge in [-0.2, -0.15) is 0 Å². The van der Waals surface area contributed by atoms with Gasteiger partial charge in [0.15, 0.2) is 10.6 Å². The third-order valence-corrected chi connectivity index (χ3v) is 6.23. The first-order valence-corrected chi connectivity index (χ1v) is 10.0. The fraction of sp³-hybridized carbons (Fsp3) is 0.0500. The molecule has 0 saturated heterocycles. The van der Waals surface area contributed by atoms with Crippen molar-refractivity contribution in [2.45, 2.75) is 6.04 Å². The van der Waals surface area contributed by atoms with Crippen LogP contribution in [0.4, 0.5) is 9.52 Å². The van der Waals surface area contributed by atoms with Gasteiger partial charge in [-0.3, -0.25) is 14.5 Å². The van der Waals surface area contributed by atoms with Gasteiger partial charge in [-0.05, 0) is 35.9 Å². The Morgan fingerprint density at radius 1 is 1.10 bits per heavy atom. The molecule has 0 spiro atoms. The maximum atomic E-state index is 13.8. The number of fused-ring (bicyclic) bond motifs is 2. The van der Waals surface area contributed by atoms with Gasteiger partial charge >= 0.3 is 0 Å². The van der Waals surface area contributed by atoms with Crippen LogP contribution in [0, 0.1) is 5.82 Å². The molecule has 0 N–H and O–H groups in total. The van der Waals surface area contributed by atoms with Gasteiger partial charge in [-0.1, -0.05) is 29.3 Å². The molecule has 0 fully saturated rings. The largest absolute Gasteiger partial charge is 0.450 e. The van der Waals surface area contributed by atoms with Crippen LogP contribution in [-0.4, -0.2) is 10.9 Å². The molecule has 5 rings (SSSR count). The monoisotopic (exact) mass is 446 g/mol. The Balaban J connectivity index is 1.84. The molecule has 0 aliphatic carbocycles. The fourth-order valence-electron chi connectivity index (χ4n) is 3.48. The standard InChI is InChI=1S/C20H9Cl2FN2O3S/c21-12-3-1-9(7-13(12)22)16-15-17(26)11-8-10(23)2-4-14(11)28-18(15)19(27)25(16)20-24-5-6-29-20/h1-8,16H. The number of hydrogen-bond acceptors (Lipinski definition) is 5. The number of carbonyl (C=O) groups excluding carboxylic acids is 1. The van der Waals surface area contributed by atoms with Gasteiger partial charge in [-0.15, -0.1) is 11.3 Å². The predicted molar refractivity (Wildman–Crippen MR) is 110 cm³/mol. The second-order valence-electron chi connectivity index (χ2n) is 6.38. The van der Waals surface area contributed by atoms with Crippen molar-refractivity contribution in [3.8, 4) is 0 Å². The van der Waals surface area contributed by atoms with Crippen LogP contribution >= 0.6 is 34.5 Å². The summed E-state index contributed by atoms with van der Waals surface area (Å²) in [4.78, 5) is 32.1. The molecular weight excluding hydrogens is 438 g/mol. The minimum absolute atomic E-state index is 0.0580. The first-order valence-electron chi connectivity index (χ1n) is 8.40. The summed E-state index contributed by atoms with van der Waals surface area (Å²) in [7, 11) is 0. The molecule has 2 aromatic heterocycles. The van der Waals surface area contributed by atoms with E-state index in [4.69, 9.17) is 27.6 Å². The van der Waals surface area contributed by atoms with Crippen LogP contribution in [0.25, 0.3) is 11.0 Å². The summed E-state index contributed by atoms with van der Waals surface area (Å²) >= 11 is 13.5. The summed E-state index contributed by atoms with van der Waals surface area (Å²) in [5.41, 5.74) is 0.327. The zero-order chi connectivity index (χ0) is 20.3. The van der Waals surface area contributed by atoms with Crippen molar-refractivity contribution in [3.63, 3.8) is 0 Å². The minimum atomic E-state index is -0.831. The van der Waals surface area contributed by atoms with E-state index in [1.807, 2.05) is 0 Å². The van der Waals surface area contributed by atoms with E-state index >= 15 is 0 Å². The number of nitrogens with zero attached hydrogens (tertiary/aromatic N) is 2. The maximum absolute atomic E-state index is 13.8. The van der Waals surface area contributed by atoms with Crippen LogP contribution in [-0.2, 0) is 0 Å².